The van der Waals surface area contributed by atoms with E-state index < -0.39 is 0 Å². The van der Waals surface area contributed by atoms with Gasteiger partial charge in [-0.15, -0.1) is 0 Å². The molecule has 0 aromatic carbocycles. The van der Waals surface area contributed by atoms with Gasteiger partial charge in [-0.05, 0) is 27.7 Å². The van der Waals surface area contributed by atoms with Crippen LogP contribution in [0, 0.1) is 20.8 Å². The van der Waals surface area contributed by atoms with Crippen molar-refractivity contribution in [3.05, 3.63) is 34.5 Å². The average molecular weight is 248 g/mol. The summed E-state index contributed by atoms with van der Waals surface area (Å²) in [6, 6.07) is 0.218. The molecular formula is C13H20N4O. The SMILES string of the molecule is Cc1noc(C)c1C(C)NCc1cnn(C)c1C. The molecule has 2 aromatic heterocycles. The normalized spacial score (nSPS) is 12.9. The maximum absolute atomic E-state index is 5.19. The number of aromatic nitrogens is 3. The van der Waals surface area contributed by atoms with Crippen molar-refractivity contribution in [2.24, 2.45) is 7.05 Å². The standard InChI is InChI=1S/C13H20N4O/c1-8(13-9(2)16-18-11(13)4)14-6-12-7-15-17(5)10(12)3/h7-8,14H,6H2,1-5H3. The summed E-state index contributed by atoms with van der Waals surface area (Å²) in [6.07, 6.45) is 1.91. The second-order valence-electron chi connectivity index (χ2n) is 4.72. The lowest BCUT2D eigenvalue weighted by molar-refractivity contribution is 0.390. The summed E-state index contributed by atoms with van der Waals surface area (Å²) >= 11 is 0. The summed E-state index contributed by atoms with van der Waals surface area (Å²) in [5.41, 5.74) is 4.51. The minimum Gasteiger partial charge on any atom is -0.361 e. The van der Waals surface area contributed by atoms with E-state index >= 15 is 0 Å². The fraction of sp³-hybridized carbons (Fsp3) is 0.538. The Morgan fingerprint density at radius 2 is 2.11 bits per heavy atom. The molecule has 0 aliphatic carbocycles. The average Bonchev–Trinajstić information content (AvgIpc) is 2.82. The predicted octanol–water partition coefficient (Wildman–Crippen LogP) is 2.18. The van der Waals surface area contributed by atoms with Gasteiger partial charge in [0.25, 0.3) is 0 Å². The maximum Gasteiger partial charge on any atom is 0.138 e. The van der Waals surface area contributed by atoms with E-state index in [-0.39, 0.29) is 6.04 Å². The minimum absolute atomic E-state index is 0.218. The van der Waals surface area contributed by atoms with Gasteiger partial charge in [0.2, 0.25) is 0 Å². The lowest BCUT2D eigenvalue weighted by Crippen LogP contribution is -2.19. The molecule has 18 heavy (non-hydrogen) atoms. The maximum atomic E-state index is 5.19. The number of rotatable bonds is 4. The van der Waals surface area contributed by atoms with Crippen molar-refractivity contribution in [2.45, 2.75) is 40.3 Å². The van der Waals surface area contributed by atoms with E-state index in [1.807, 2.05) is 31.8 Å². The van der Waals surface area contributed by atoms with Crippen LogP contribution in [0.2, 0.25) is 0 Å². The molecule has 0 radical (unpaired) electrons. The highest BCUT2D eigenvalue weighted by molar-refractivity contribution is 5.25. The Labute approximate surface area is 107 Å². The van der Waals surface area contributed by atoms with E-state index in [1.54, 1.807) is 0 Å². The quantitative estimate of drug-likeness (QED) is 0.901. The number of nitrogens with one attached hydrogen (secondary N) is 1. The van der Waals surface area contributed by atoms with Gasteiger partial charge in [-0.3, -0.25) is 4.68 Å². The fourth-order valence-electron chi connectivity index (χ4n) is 2.19. The minimum atomic E-state index is 0.218. The van der Waals surface area contributed by atoms with Crippen molar-refractivity contribution >= 4 is 0 Å². The third kappa shape index (κ3) is 2.31. The van der Waals surface area contributed by atoms with Crippen LogP contribution < -0.4 is 5.32 Å². The van der Waals surface area contributed by atoms with Crippen molar-refractivity contribution in [1.82, 2.24) is 20.3 Å². The first-order chi connectivity index (χ1) is 8.50. The highest BCUT2D eigenvalue weighted by atomic mass is 16.5. The van der Waals surface area contributed by atoms with E-state index in [0.29, 0.717) is 0 Å². The topological polar surface area (TPSA) is 55.9 Å². The Bertz CT molecular complexity index is 522. The fourth-order valence-corrected chi connectivity index (χ4v) is 2.19. The van der Waals surface area contributed by atoms with Gasteiger partial charge >= 0.3 is 0 Å². The molecule has 98 valence electrons. The van der Waals surface area contributed by atoms with Crippen LogP contribution in [0.25, 0.3) is 0 Å². The van der Waals surface area contributed by atoms with Crippen LogP contribution in [0.15, 0.2) is 10.7 Å². The second-order valence-corrected chi connectivity index (χ2v) is 4.72. The summed E-state index contributed by atoms with van der Waals surface area (Å²) in [4.78, 5) is 0. The molecule has 0 aliphatic heterocycles. The van der Waals surface area contributed by atoms with Crippen molar-refractivity contribution in [3.8, 4) is 0 Å². The molecule has 2 aromatic rings. The molecule has 0 saturated carbocycles. The van der Waals surface area contributed by atoms with E-state index in [4.69, 9.17) is 4.52 Å². The molecule has 0 saturated heterocycles. The van der Waals surface area contributed by atoms with Crippen LogP contribution in [0.5, 0.6) is 0 Å². The lowest BCUT2D eigenvalue weighted by atomic mass is 10.1. The summed E-state index contributed by atoms with van der Waals surface area (Å²) < 4.78 is 7.08. The van der Waals surface area contributed by atoms with Crippen LogP contribution in [0.4, 0.5) is 0 Å². The third-order valence-corrected chi connectivity index (χ3v) is 3.46. The number of nitrogens with zero attached hydrogens (tertiary/aromatic N) is 3. The van der Waals surface area contributed by atoms with Gasteiger partial charge in [0.05, 0.1) is 11.9 Å². The van der Waals surface area contributed by atoms with E-state index in [9.17, 15) is 0 Å². The highest BCUT2D eigenvalue weighted by Gasteiger charge is 2.16. The highest BCUT2D eigenvalue weighted by Crippen LogP contribution is 2.21. The zero-order chi connectivity index (χ0) is 13.3. The largest absolute Gasteiger partial charge is 0.361 e. The van der Waals surface area contributed by atoms with Crippen molar-refractivity contribution in [3.63, 3.8) is 0 Å². The number of aryl methyl sites for hydroxylation is 3. The van der Waals surface area contributed by atoms with Crippen LogP contribution in [0.1, 0.15) is 41.2 Å². The van der Waals surface area contributed by atoms with E-state index in [1.165, 1.54) is 11.3 Å². The molecule has 2 heterocycles. The summed E-state index contributed by atoms with van der Waals surface area (Å²) in [7, 11) is 1.95. The molecule has 0 spiro atoms. The number of hydrogen-bond acceptors (Lipinski definition) is 4. The summed E-state index contributed by atoms with van der Waals surface area (Å²) in [6.45, 7) is 8.91. The van der Waals surface area contributed by atoms with Gasteiger partial charge in [0.15, 0.2) is 0 Å². The molecule has 0 bridgehead atoms. The van der Waals surface area contributed by atoms with Gasteiger partial charge < -0.3 is 9.84 Å². The molecule has 0 amide bonds. The van der Waals surface area contributed by atoms with Crippen LogP contribution in [-0.2, 0) is 13.6 Å². The molecule has 5 heteroatoms. The lowest BCUT2D eigenvalue weighted by Gasteiger charge is -2.13. The molecule has 0 aliphatic rings. The van der Waals surface area contributed by atoms with Gasteiger partial charge in [0.1, 0.15) is 5.76 Å². The van der Waals surface area contributed by atoms with E-state index in [0.717, 1.165) is 23.6 Å². The van der Waals surface area contributed by atoms with Crippen molar-refractivity contribution in [2.75, 3.05) is 0 Å². The summed E-state index contributed by atoms with van der Waals surface area (Å²) in [5.74, 6) is 0.885. The van der Waals surface area contributed by atoms with Gasteiger partial charge in [0, 0.05) is 36.5 Å². The van der Waals surface area contributed by atoms with Gasteiger partial charge in [-0.25, -0.2) is 0 Å². The van der Waals surface area contributed by atoms with Crippen LogP contribution in [0.3, 0.4) is 0 Å². The Kier molecular flexibility index (Phi) is 3.52. The molecule has 5 nitrogen and oxygen atoms in total. The number of hydrogen-bond donors (Lipinski definition) is 1. The zero-order valence-electron chi connectivity index (χ0n) is 11.6. The Morgan fingerprint density at radius 3 is 2.61 bits per heavy atom. The first-order valence-electron chi connectivity index (χ1n) is 6.14. The molecule has 1 unspecified atom stereocenters. The van der Waals surface area contributed by atoms with Crippen LogP contribution >= 0.6 is 0 Å². The van der Waals surface area contributed by atoms with Gasteiger partial charge in [-0.2, -0.15) is 5.10 Å². The van der Waals surface area contributed by atoms with Crippen LogP contribution in [-0.4, -0.2) is 14.9 Å². The Morgan fingerprint density at radius 1 is 1.39 bits per heavy atom. The Hall–Kier alpha value is -1.62. The molecular weight excluding hydrogens is 228 g/mol. The molecule has 0 fully saturated rings. The zero-order valence-corrected chi connectivity index (χ0v) is 11.6. The summed E-state index contributed by atoms with van der Waals surface area (Å²) in [5, 5.41) is 11.7. The molecule has 2 rings (SSSR count). The van der Waals surface area contributed by atoms with Crippen molar-refractivity contribution in [1.29, 1.82) is 0 Å². The molecule has 1 N–H and O–H groups in total. The first kappa shape index (κ1) is 12.8. The first-order valence-corrected chi connectivity index (χ1v) is 6.14. The molecule has 1 atom stereocenters. The Balaban J connectivity index is 2.05. The third-order valence-electron chi connectivity index (χ3n) is 3.46. The van der Waals surface area contributed by atoms with Crippen molar-refractivity contribution < 1.29 is 4.52 Å². The van der Waals surface area contributed by atoms with Gasteiger partial charge in [-0.1, -0.05) is 5.16 Å². The van der Waals surface area contributed by atoms with E-state index in [2.05, 4.69) is 29.4 Å². The predicted molar refractivity (Wildman–Crippen MR) is 69.2 cm³/mol. The second kappa shape index (κ2) is 4.94. The smallest absolute Gasteiger partial charge is 0.138 e. The monoisotopic (exact) mass is 248 g/mol.